The molecule has 2 unspecified atom stereocenters. The van der Waals surface area contributed by atoms with E-state index in [1.807, 2.05) is 12.2 Å². The summed E-state index contributed by atoms with van der Waals surface area (Å²) in [6, 6.07) is -1.83. The van der Waals surface area contributed by atoms with Gasteiger partial charge in [-0.15, -0.1) is 0 Å². The molecule has 0 rings (SSSR count). The summed E-state index contributed by atoms with van der Waals surface area (Å²) in [6.07, 6.45) is -5.85. The highest BCUT2D eigenvalue weighted by atomic mass is 19.4. The van der Waals surface area contributed by atoms with Crippen LogP contribution in [0, 0.1) is 0 Å². The summed E-state index contributed by atoms with van der Waals surface area (Å²) in [7, 11) is 0. The molecule has 0 bridgehead atoms. The van der Waals surface area contributed by atoms with E-state index in [0.717, 1.165) is 19.3 Å². The van der Waals surface area contributed by atoms with Crippen molar-refractivity contribution in [1.29, 1.82) is 0 Å². The van der Waals surface area contributed by atoms with Gasteiger partial charge >= 0.3 is 12.3 Å². The monoisotopic (exact) mass is 370 g/mol. The van der Waals surface area contributed by atoms with Gasteiger partial charge in [0.2, 0.25) is 0 Å². The summed E-state index contributed by atoms with van der Waals surface area (Å²) in [5.74, 6) is -0.957. The van der Waals surface area contributed by atoms with Crippen molar-refractivity contribution in [2.75, 3.05) is 6.54 Å². The molecule has 0 heterocycles. The zero-order chi connectivity index (χ0) is 19.7. The number of halogens is 3. The Morgan fingerprint density at radius 2 is 1.72 bits per heavy atom. The fraction of sp³-hybridized carbons (Fsp3) is 0.875. The van der Waals surface area contributed by atoms with E-state index in [2.05, 4.69) is 5.32 Å². The lowest BCUT2D eigenvalue weighted by atomic mass is 10.1. The lowest BCUT2D eigenvalue weighted by Crippen LogP contribution is -2.53. The van der Waals surface area contributed by atoms with Gasteiger partial charge in [0, 0.05) is 6.54 Å². The minimum absolute atomic E-state index is 0.251. The highest BCUT2D eigenvalue weighted by molar-refractivity contribution is 5.82. The maximum Gasteiger partial charge on any atom is 0.407 e. The highest BCUT2D eigenvalue weighted by Gasteiger charge is 2.39. The van der Waals surface area contributed by atoms with Gasteiger partial charge in [0.15, 0.2) is 6.10 Å². The minimum atomic E-state index is -4.66. The molecule has 0 spiro atoms. The average Bonchev–Trinajstić information content (AvgIpc) is 2.41. The van der Waals surface area contributed by atoms with E-state index in [4.69, 9.17) is 4.74 Å². The molecular formula is C16H29F3N2O4. The van der Waals surface area contributed by atoms with Gasteiger partial charge in [0.25, 0.3) is 5.91 Å². The Labute approximate surface area is 146 Å². The second kappa shape index (κ2) is 10.5. The van der Waals surface area contributed by atoms with Crippen LogP contribution in [0.25, 0.3) is 0 Å². The predicted octanol–water partition coefficient (Wildman–Crippen LogP) is 2.89. The number of rotatable bonds is 9. The normalized spacial score (nSPS) is 14.6. The number of carbonyl (C=O) groups is 2. The third-order valence-electron chi connectivity index (χ3n) is 3.13. The van der Waals surface area contributed by atoms with Crippen LogP contribution in [0.4, 0.5) is 18.0 Å². The van der Waals surface area contributed by atoms with Crippen molar-refractivity contribution in [3.8, 4) is 0 Å². The molecule has 0 aromatic carbocycles. The third-order valence-corrected chi connectivity index (χ3v) is 3.13. The zero-order valence-electron chi connectivity index (χ0n) is 15.2. The maximum atomic E-state index is 12.7. The molecule has 0 aromatic heterocycles. The standard InChI is InChI=1S/C16H29F3N2O4/c1-5-6-7-8-9-20-13(23)12(22)11(10-16(17,18)19)21-14(24)25-15(2,3)4/h11-12,22H,5-10H2,1-4H3,(H,20,23)(H,21,24). The largest absolute Gasteiger partial charge is 0.444 e. The number of nitrogens with one attached hydrogen (secondary N) is 2. The Kier molecular flexibility index (Phi) is 9.84. The van der Waals surface area contributed by atoms with Gasteiger partial charge in [-0.05, 0) is 27.2 Å². The van der Waals surface area contributed by atoms with Crippen LogP contribution in [0.3, 0.4) is 0 Å². The van der Waals surface area contributed by atoms with E-state index in [0.29, 0.717) is 6.42 Å². The molecule has 25 heavy (non-hydrogen) atoms. The van der Waals surface area contributed by atoms with Crippen LogP contribution >= 0.6 is 0 Å². The summed E-state index contributed by atoms with van der Waals surface area (Å²) in [5, 5.41) is 14.2. The van der Waals surface area contributed by atoms with Crippen molar-refractivity contribution in [3.05, 3.63) is 0 Å². The molecule has 9 heteroatoms. The van der Waals surface area contributed by atoms with Crippen molar-refractivity contribution in [2.24, 2.45) is 0 Å². The number of hydrogen-bond donors (Lipinski definition) is 3. The van der Waals surface area contributed by atoms with Gasteiger partial charge in [-0.25, -0.2) is 4.79 Å². The molecule has 6 nitrogen and oxygen atoms in total. The molecule has 0 saturated carbocycles. The van der Waals surface area contributed by atoms with Crippen LogP contribution in [0.5, 0.6) is 0 Å². The number of hydrogen-bond acceptors (Lipinski definition) is 4. The number of aliphatic hydroxyl groups excluding tert-OH is 1. The minimum Gasteiger partial charge on any atom is -0.444 e. The van der Waals surface area contributed by atoms with Crippen LogP contribution < -0.4 is 10.6 Å². The van der Waals surface area contributed by atoms with Gasteiger partial charge in [0.1, 0.15) is 5.60 Å². The molecule has 2 amide bonds. The maximum absolute atomic E-state index is 12.7. The smallest absolute Gasteiger partial charge is 0.407 e. The second-order valence-corrected chi connectivity index (χ2v) is 6.87. The Morgan fingerprint density at radius 3 is 2.20 bits per heavy atom. The summed E-state index contributed by atoms with van der Waals surface area (Å²) in [4.78, 5) is 23.5. The number of alkyl halides is 3. The Hall–Kier alpha value is -1.51. The number of amides is 2. The SMILES string of the molecule is CCCCCCNC(=O)C(O)C(CC(F)(F)F)NC(=O)OC(C)(C)C. The first kappa shape index (κ1) is 23.5. The molecule has 3 N–H and O–H groups in total. The third kappa shape index (κ3) is 12.5. The topological polar surface area (TPSA) is 87.7 Å². The number of unbranched alkanes of at least 4 members (excludes halogenated alkanes) is 3. The summed E-state index contributed by atoms with van der Waals surface area (Å²) in [5.41, 5.74) is -0.917. The van der Waals surface area contributed by atoms with Crippen molar-refractivity contribution < 1.29 is 32.6 Å². The molecule has 0 fully saturated rings. The van der Waals surface area contributed by atoms with E-state index in [9.17, 15) is 27.9 Å². The summed E-state index contributed by atoms with van der Waals surface area (Å²) < 4.78 is 42.9. The van der Waals surface area contributed by atoms with Gasteiger partial charge in [-0.2, -0.15) is 13.2 Å². The second-order valence-electron chi connectivity index (χ2n) is 6.87. The van der Waals surface area contributed by atoms with Crippen LogP contribution in [0.2, 0.25) is 0 Å². The first-order chi connectivity index (χ1) is 11.4. The van der Waals surface area contributed by atoms with E-state index < -0.39 is 42.3 Å². The predicted molar refractivity (Wildman–Crippen MR) is 87.0 cm³/mol. The first-order valence-electron chi connectivity index (χ1n) is 8.37. The average molecular weight is 370 g/mol. The Morgan fingerprint density at radius 1 is 1.12 bits per heavy atom. The lowest BCUT2D eigenvalue weighted by molar-refractivity contribution is -0.151. The van der Waals surface area contributed by atoms with Gasteiger partial charge in [-0.1, -0.05) is 26.2 Å². The van der Waals surface area contributed by atoms with Crippen molar-refractivity contribution in [3.63, 3.8) is 0 Å². The van der Waals surface area contributed by atoms with Gasteiger partial charge < -0.3 is 20.5 Å². The fourth-order valence-corrected chi connectivity index (χ4v) is 2.00. The van der Waals surface area contributed by atoms with Crippen molar-refractivity contribution in [2.45, 2.75) is 83.7 Å². The van der Waals surface area contributed by atoms with Crippen molar-refractivity contribution >= 4 is 12.0 Å². The molecular weight excluding hydrogens is 341 g/mol. The quantitative estimate of drug-likeness (QED) is 0.545. The molecule has 2 atom stereocenters. The molecule has 0 aliphatic rings. The fourth-order valence-electron chi connectivity index (χ4n) is 2.00. The van der Waals surface area contributed by atoms with E-state index in [-0.39, 0.29) is 6.54 Å². The number of alkyl carbamates (subject to hydrolysis) is 1. The molecule has 148 valence electrons. The molecule has 0 saturated heterocycles. The summed E-state index contributed by atoms with van der Waals surface area (Å²) in [6.45, 7) is 6.91. The van der Waals surface area contributed by atoms with Crippen LogP contribution in [0.1, 0.15) is 59.8 Å². The molecule has 0 aromatic rings. The number of carbonyl (C=O) groups excluding carboxylic acids is 2. The molecule has 0 aliphatic heterocycles. The number of aliphatic hydroxyl groups is 1. The first-order valence-corrected chi connectivity index (χ1v) is 8.37. The van der Waals surface area contributed by atoms with Crippen molar-refractivity contribution in [1.82, 2.24) is 10.6 Å². The molecule has 0 radical (unpaired) electrons. The Balaban J connectivity index is 4.73. The Bertz CT molecular complexity index is 423. The van der Waals surface area contributed by atoms with Gasteiger partial charge in [0.05, 0.1) is 12.5 Å². The van der Waals surface area contributed by atoms with E-state index in [1.165, 1.54) is 0 Å². The van der Waals surface area contributed by atoms with Crippen LogP contribution in [-0.2, 0) is 9.53 Å². The van der Waals surface area contributed by atoms with Crippen LogP contribution in [0.15, 0.2) is 0 Å². The molecule has 0 aliphatic carbocycles. The number of ether oxygens (including phenoxy) is 1. The van der Waals surface area contributed by atoms with Gasteiger partial charge in [-0.3, -0.25) is 4.79 Å². The highest BCUT2D eigenvalue weighted by Crippen LogP contribution is 2.23. The summed E-state index contributed by atoms with van der Waals surface area (Å²) >= 11 is 0. The van der Waals surface area contributed by atoms with Crippen LogP contribution in [-0.4, -0.2) is 47.6 Å². The van der Waals surface area contributed by atoms with E-state index in [1.54, 1.807) is 20.8 Å². The lowest BCUT2D eigenvalue weighted by Gasteiger charge is -2.26. The van der Waals surface area contributed by atoms with E-state index >= 15 is 0 Å². The zero-order valence-corrected chi connectivity index (χ0v) is 15.2.